The molecule has 1 N–H and O–H groups in total. The lowest BCUT2D eigenvalue weighted by molar-refractivity contribution is -0.165. The highest BCUT2D eigenvalue weighted by molar-refractivity contribution is 5.88. The summed E-state index contributed by atoms with van der Waals surface area (Å²) >= 11 is 0. The van der Waals surface area contributed by atoms with E-state index in [2.05, 4.69) is 10.1 Å². The van der Waals surface area contributed by atoms with Gasteiger partial charge in [0.2, 0.25) is 0 Å². The van der Waals surface area contributed by atoms with E-state index in [0.29, 0.717) is 0 Å². The fourth-order valence-corrected chi connectivity index (χ4v) is 1.88. The summed E-state index contributed by atoms with van der Waals surface area (Å²) in [4.78, 5) is 24.1. The molecule has 5 heteroatoms. The van der Waals surface area contributed by atoms with E-state index in [9.17, 15) is 9.59 Å². The number of carbonyl (C=O) groups is 2. The highest BCUT2D eigenvalue weighted by Crippen LogP contribution is 2.13. The molecule has 0 aliphatic carbocycles. The van der Waals surface area contributed by atoms with Gasteiger partial charge >= 0.3 is 5.97 Å². The Bertz CT molecular complexity index is 248. The molecule has 1 atom stereocenters. The summed E-state index contributed by atoms with van der Waals surface area (Å²) in [5.74, 6) is -0.402. The Balaban J connectivity index is 1.99. The maximum Gasteiger partial charge on any atom is 0.326 e. The van der Waals surface area contributed by atoms with Gasteiger partial charge < -0.3 is 9.64 Å². The van der Waals surface area contributed by atoms with Gasteiger partial charge in [0, 0.05) is 0 Å². The molecule has 0 saturated carbocycles. The maximum absolute atomic E-state index is 11.4. The van der Waals surface area contributed by atoms with E-state index in [0.717, 1.165) is 25.8 Å². The Morgan fingerprint density at radius 1 is 1.36 bits per heavy atom. The number of ether oxygens (including phenoxy) is 1. The average Bonchev–Trinajstić information content (AvgIpc) is 2.23. The van der Waals surface area contributed by atoms with Crippen LogP contribution in [0.2, 0.25) is 0 Å². The minimum Gasteiger partial charge on any atom is -0.454 e. The number of carbonyl (C=O) groups excluding carboxylic acids is 2. The Hall–Kier alpha value is -1.10. The first-order valence-corrected chi connectivity index (χ1v) is 4.96. The van der Waals surface area contributed by atoms with Crippen LogP contribution in [-0.2, 0) is 14.3 Å². The lowest BCUT2D eigenvalue weighted by Crippen LogP contribution is -2.56. The SMILES string of the molecule is O=C1CN(C2CCCCN2)C(=O)CO1. The van der Waals surface area contributed by atoms with Gasteiger partial charge in [-0.1, -0.05) is 0 Å². The molecular formula is C9H14N2O3. The van der Waals surface area contributed by atoms with Crippen LogP contribution in [0.4, 0.5) is 0 Å². The van der Waals surface area contributed by atoms with Crippen LogP contribution in [0.15, 0.2) is 0 Å². The van der Waals surface area contributed by atoms with Crippen LogP contribution >= 0.6 is 0 Å². The van der Waals surface area contributed by atoms with Crippen molar-refractivity contribution in [2.45, 2.75) is 25.4 Å². The van der Waals surface area contributed by atoms with Gasteiger partial charge in [-0.05, 0) is 25.8 Å². The third kappa shape index (κ3) is 1.87. The van der Waals surface area contributed by atoms with E-state index in [1.807, 2.05) is 0 Å². The quantitative estimate of drug-likeness (QED) is 0.575. The van der Waals surface area contributed by atoms with Gasteiger partial charge in [0.05, 0.1) is 6.17 Å². The van der Waals surface area contributed by atoms with E-state index in [4.69, 9.17) is 0 Å². The van der Waals surface area contributed by atoms with Crippen LogP contribution in [0.1, 0.15) is 19.3 Å². The summed E-state index contributed by atoms with van der Waals surface area (Å²) in [6.45, 7) is 0.914. The minimum atomic E-state index is -0.308. The molecule has 2 aliphatic rings. The fraction of sp³-hybridized carbons (Fsp3) is 0.778. The first kappa shape index (κ1) is 9.45. The Morgan fingerprint density at radius 2 is 2.21 bits per heavy atom. The molecule has 0 aromatic carbocycles. The van der Waals surface area contributed by atoms with Gasteiger partial charge in [-0.25, -0.2) is 0 Å². The first-order chi connectivity index (χ1) is 6.77. The number of hydrogen-bond acceptors (Lipinski definition) is 4. The third-order valence-corrected chi connectivity index (χ3v) is 2.64. The van der Waals surface area contributed by atoms with E-state index in [-0.39, 0.29) is 31.2 Å². The number of amides is 1. The molecule has 0 spiro atoms. The monoisotopic (exact) mass is 198 g/mol. The van der Waals surface area contributed by atoms with Gasteiger partial charge in [0.1, 0.15) is 6.54 Å². The molecule has 2 saturated heterocycles. The number of rotatable bonds is 1. The zero-order chi connectivity index (χ0) is 9.97. The summed E-state index contributed by atoms with van der Waals surface area (Å²) in [7, 11) is 0. The normalized spacial score (nSPS) is 28.9. The van der Waals surface area contributed by atoms with Gasteiger partial charge in [-0.3, -0.25) is 14.9 Å². The van der Waals surface area contributed by atoms with Gasteiger partial charge in [0.15, 0.2) is 6.61 Å². The van der Waals surface area contributed by atoms with E-state index < -0.39 is 0 Å². The number of morpholine rings is 1. The molecule has 5 nitrogen and oxygen atoms in total. The average molecular weight is 198 g/mol. The lowest BCUT2D eigenvalue weighted by atomic mass is 10.1. The van der Waals surface area contributed by atoms with Crippen molar-refractivity contribution in [2.75, 3.05) is 19.7 Å². The Morgan fingerprint density at radius 3 is 2.93 bits per heavy atom. The third-order valence-electron chi connectivity index (χ3n) is 2.64. The van der Waals surface area contributed by atoms with Gasteiger partial charge in [-0.15, -0.1) is 0 Å². The molecule has 2 fully saturated rings. The predicted octanol–water partition coefficient (Wildman–Crippen LogP) is -0.529. The van der Waals surface area contributed by atoms with Crippen molar-refractivity contribution < 1.29 is 14.3 Å². The highest BCUT2D eigenvalue weighted by atomic mass is 16.5. The predicted molar refractivity (Wildman–Crippen MR) is 48.3 cm³/mol. The largest absolute Gasteiger partial charge is 0.454 e. The van der Waals surface area contributed by atoms with Crippen molar-refractivity contribution in [3.63, 3.8) is 0 Å². The van der Waals surface area contributed by atoms with E-state index in [1.54, 1.807) is 4.90 Å². The number of nitrogens with zero attached hydrogens (tertiary/aromatic N) is 1. The summed E-state index contributed by atoms with van der Waals surface area (Å²) in [5.41, 5.74) is 0. The number of piperidine rings is 1. The van der Waals surface area contributed by atoms with Crippen LogP contribution in [0, 0.1) is 0 Å². The van der Waals surface area contributed by atoms with Crippen molar-refractivity contribution >= 4 is 11.9 Å². The van der Waals surface area contributed by atoms with Crippen LogP contribution in [0.25, 0.3) is 0 Å². The number of hydrogen-bond donors (Lipinski definition) is 1. The second-order valence-electron chi connectivity index (χ2n) is 3.65. The molecular weight excluding hydrogens is 184 g/mol. The zero-order valence-electron chi connectivity index (χ0n) is 7.99. The molecule has 0 aromatic heterocycles. The van der Waals surface area contributed by atoms with Crippen LogP contribution in [0.3, 0.4) is 0 Å². The van der Waals surface area contributed by atoms with Crippen LogP contribution in [-0.4, -0.2) is 42.6 Å². The molecule has 2 rings (SSSR count). The van der Waals surface area contributed by atoms with E-state index >= 15 is 0 Å². The number of cyclic esters (lactones) is 1. The van der Waals surface area contributed by atoms with Crippen molar-refractivity contribution in [2.24, 2.45) is 0 Å². The molecule has 0 aromatic rings. The van der Waals surface area contributed by atoms with Crippen LogP contribution < -0.4 is 5.32 Å². The molecule has 0 bridgehead atoms. The topological polar surface area (TPSA) is 58.6 Å². The zero-order valence-corrected chi connectivity index (χ0v) is 7.99. The number of nitrogens with one attached hydrogen (secondary N) is 1. The second-order valence-corrected chi connectivity index (χ2v) is 3.65. The van der Waals surface area contributed by atoms with Gasteiger partial charge in [0.25, 0.3) is 5.91 Å². The standard InChI is InChI=1S/C9H14N2O3/c12-8-6-14-9(13)5-11(8)7-3-1-2-4-10-7/h7,10H,1-6H2. The molecule has 2 heterocycles. The maximum atomic E-state index is 11.4. The molecule has 1 unspecified atom stereocenters. The number of esters is 1. The highest BCUT2D eigenvalue weighted by Gasteiger charge is 2.31. The molecule has 78 valence electrons. The fourth-order valence-electron chi connectivity index (χ4n) is 1.88. The first-order valence-electron chi connectivity index (χ1n) is 4.96. The minimum absolute atomic E-state index is 0.0316. The second kappa shape index (κ2) is 3.96. The smallest absolute Gasteiger partial charge is 0.326 e. The summed E-state index contributed by atoms with van der Waals surface area (Å²) in [6.07, 6.45) is 3.21. The Labute approximate surface area is 82.4 Å². The van der Waals surface area contributed by atoms with Crippen molar-refractivity contribution in [3.05, 3.63) is 0 Å². The molecule has 14 heavy (non-hydrogen) atoms. The summed E-state index contributed by atoms with van der Waals surface area (Å²) < 4.78 is 4.65. The lowest BCUT2D eigenvalue weighted by Gasteiger charge is -2.36. The molecule has 1 amide bonds. The van der Waals surface area contributed by atoms with Crippen LogP contribution in [0.5, 0.6) is 0 Å². The van der Waals surface area contributed by atoms with Gasteiger partial charge in [-0.2, -0.15) is 0 Å². The van der Waals surface area contributed by atoms with Crippen molar-refractivity contribution in [1.82, 2.24) is 10.2 Å². The van der Waals surface area contributed by atoms with E-state index in [1.165, 1.54) is 0 Å². The summed E-state index contributed by atoms with van der Waals surface area (Å²) in [5, 5.41) is 3.24. The Kier molecular flexibility index (Phi) is 2.67. The van der Waals surface area contributed by atoms with Crippen molar-refractivity contribution in [3.8, 4) is 0 Å². The van der Waals surface area contributed by atoms with Crippen molar-refractivity contribution in [1.29, 1.82) is 0 Å². The molecule has 0 radical (unpaired) electrons. The molecule has 2 aliphatic heterocycles. The summed E-state index contributed by atoms with van der Waals surface area (Å²) in [6, 6.07) is 0.